The highest BCUT2D eigenvalue weighted by Crippen LogP contribution is 2.31. The minimum absolute atomic E-state index is 0.136. The van der Waals surface area contributed by atoms with Gasteiger partial charge < -0.3 is 9.73 Å². The van der Waals surface area contributed by atoms with Gasteiger partial charge in [-0.1, -0.05) is 34.8 Å². The number of furan rings is 1. The molecule has 1 amide bonds. The van der Waals surface area contributed by atoms with Crippen LogP contribution in [0.4, 0.5) is 0 Å². The van der Waals surface area contributed by atoms with Crippen molar-refractivity contribution in [2.24, 2.45) is 0 Å². The summed E-state index contributed by atoms with van der Waals surface area (Å²) in [5.74, 6) is -0.321. The van der Waals surface area contributed by atoms with Crippen molar-refractivity contribution in [2.75, 3.05) is 0 Å². The molecule has 9 heteroatoms. The van der Waals surface area contributed by atoms with Crippen LogP contribution in [0.2, 0.25) is 0 Å². The molecule has 1 aromatic heterocycles. The van der Waals surface area contributed by atoms with Crippen molar-refractivity contribution >= 4 is 68.2 Å². The second kappa shape index (κ2) is 7.95. The molecular formula is C13H15BrCl4N2O2. The fraction of sp³-hybridized carbons (Fsp3) is 0.615. The van der Waals surface area contributed by atoms with E-state index in [4.69, 9.17) is 50.8 Å². The average Bonchev–Trinajstić information content (AvgIpc) is 2.86. The van der Waals surface area contributed by atoms with Gasteiger partial charge in [0.25, 0.3) is 5.91 Å². The first kappa shape index (κ1) is 18.7. The Labute approximate surface area is 157 Å². The number of hydrogen-bond donors (Lipinski definition) is 2. The Hall–Kier alpha value is 0.350. The van der Waals surface area contributed by atoms with E-state index in [2.05, 4.69) is 26.6 Å². The quantitative estimate of drug-likeness (QED) is 0.518. The molecule has 124 valence electrons. The second-order valence-electron chi connectivity index (χ2n) is 5.19. The number of amides is 1. The summed E-state index contributed by atoms with van der Waals surface area (Å²) in [5, 5.41) is 6.03. The van der Waals surface area contributed by atoms with Gasteiger partial charge in [0.15, 0.2) is 5.76 Å². The van der Waals surface area contributed by atoms with Crippen LogP contribution in [-0.2, 0) is 0 Å². The molecule has 0 bridgehead atoms. The van der Waals surface area contributed by atoms with Crippen molar-refractivity contribution in [3.8, 4) is 0 Å². The van der Waals surface area contributed by atoms with Gasteiger partial charge in [0.05, 0.1) is 4.47 Å². The number of alkyl halides is 4. The van der Waals surface area contributed by atoms with E-state index in [1.807, 2.05) is 0 Å². The summed E-state index contributed by atoms with van der Waals surface area (Å²) < 4.78 is 4.09. The first-order chi connectivity index (χ1) is 10.3. The van der Waals surface area contributed by atoms with Gasteiger partial charge in [-0.15, -0.1) is 11.6 Å². The van der Waals surface area contributed by atoms with Gasteiger partial charge in [0, 0.05) is 17.5 Å². The van der Waals surface area contributed by atoms with Crippen molar-refractivity contribution in [1.82, 2.24) is 10.6 Å². The molecule has 1 saturated carbocycles. The summed E-state index contributed by atoms with van der Waals surface area (Å²) in [4.78, 5) is 12.1. The van der Waals surface area contributed by atoms with Gasteiger partial charge in [-0.05, 0) is 41.6 Å². The highest BCUT2D eigenvalue weighted by molar-refractivity contribution is 9.10. The normalized spacial score (nSPS) is 24.0. The number of nitrogens with one attached hydrogen (secondary N) is 2. The lowest BCUT2D eigenvalue weighted by Crippen LogP contribution is -2.57. The Balaban J connectivity index is 1.99. The molecule has 22 heavy (non-hydrogen) atoms. The summed E-state index contributed by atoms with van der Waals surface area (Å²) in [6.07, 6.45) is 4.11. The zero-order valence-electron chi connectivity index (χ0n) is 11.4. The predicted molar refractivity (Wildman–Crippen MR) is 93.0 cm³/mol. The molecule has 1 atom stereocenters. The third kappa shape index (κ3) is 5.46. The first-order valence-corrected chi connectivity index (χ1v) is 9.14. The molecule has 1 fully saturated rings. The molecule has 0 radical (unpaired) electrons. The molecule has 0 spiro atoms. The van der Waals surface area contributed by atoms with Crippen molar-refractivity contribution in [1.29, 1.82) is 0 Å². The topological polar surface area (TPSA) is 54.3 Å². The second-order valence-corrected chi connectivity index (χ2v) is 9.09. The summed E-state index contributed by atoms with van der Waals surface area (Å²) >= 11 is 27.2. The maximum atomic E-state index is 12.1. The van der Waals surface area contributed by atoms with Crippen molar-refractivity contribution in [3.05, 3.63) is 22.6 Å². The van der Waals surface area contributed by atoms with Crippen LogP contribution in [0.25, 0.3) is 0 Å². The van der Waals surface area contributed by atoms with E-state index in [1.54, 1.807) is 6.07 Å². The molecule has 0 saturated heterocycles. The van der Waals surface area contributed by atoms with E-state index in [9.17, 15) is 4.79 Å². The van der Waals surface area contributed by atoms with Crippen LogP contribution in [0.3, 0.4) is 0 Å². The molecule has 2 N–H and O–H groups in total. The maximum Gasteiger partial charge on any atom is 0.288 e. The fourth-order valence-electron chi connectivity index (χ4n) is 2.31. The van der Waals surface area contributed by atoms with Crippen molar-refractivity contribution in [2.45, 2.75) is 47.1 Å². The highest BCUT2D eigenvalue weighted by atomic mass is 79.9. The Bertz CT molecular complexity index is 512. The summed E-state index contributed by atoms with van der Waals surface area (Å²) in [6.45, 7) is 0. The molecule has 0 aromatic carbocycles. The average molecular weight is 453 g/mol. The van der Waals surface area contributed by atoms with E-state index < -0.39 is 15.9 Å². The number of rotatable bonds is 4. The largest absolute Gasteiger partial charge is 0.458 e. The van der Waals surface area contributed by atoms with Gasteiger partial charge >= 0.3 is 0 Å². The van der Waals surface area contributed by atoms with Crippen molar-refractivity contribution in [3.63, 3.8) is 0 Å². The monoisotopic (exact) mass is 450 g/mol. The lowest BCUT2D eigenvalue weighted by Gasteiger charge is -2.33. The molecule has 4 nitrogen and oxygen atoms in total. The Morgan fingerprint density at radius 3 is 2.45 bits per heavy atom. The molecular weight excluding hydrogens is 438 g/mol. The zero-order chi connectivity index (χ0) is 16.3. The third-order valence-electron chi connectivity index (χ3n) is 3.45. The van der Waals surface area contributed by atoms with Gasteiger partial charge in [-0.2, -0.15) is 0 Å². The third-order valence-corrected chi connectivity index (χ3v) is 4.96. The summed E-state index contributed by atoms with van der Waals surface area (Å²) in [7, 11) is 0. The van der Waals surface area contributed by atoms with Crippen molar-refractivity contribution < 1.29 is 9.21 Å². The van der Waals surface area contributed by atoms with Crippen LogP contribution in [0.1, 0.15) is 36.2 Å². The Kier molecular flexibility index (Phi) is 6.75. The van der Waals surface area contributed by atoms with Crippen LogP contribution < -0.4 is 10.6 Å². The predicted octanol–water partition coefficient (Wildman–Crippen LogP) is 4.61. The van der Waals surface area contributed by atoms with Gasteiger partial charge in [0.1, 0.15) is 12.4 Å². The number of carbonyl (C=O) groups excluding carboxylic acids is 1. The van der Waals surface area contributed by atoms with Gasteiger partial charge in [0.2, 0.25) is 3.79 Å². The van der Waals surface area contributed by atoms with Crippen LogP contribution >= 0.6 is 62.3 Å². The maximum absolute atomic E-state index is 12.1. The van der Waals surface area contributed by atoms with Crippen LogP contribution in [0, 0.1) is 0 Å². The zero-order valence-corrected chi connectivity index (χ0v) is 16.0. The number of halogens is 5. The van der Waals surface area contributed by atoms with Gasteiger partial charge in [-0.3, -0.25) is 10.1 Å². The van der Waals surface area contributed by atoms with E-state index >= 15 is 0 Å². The SMILES string of the molecule is O=C(NC(NC1CCC(Cl)CC1)C(Cl)(Cl)Cl)c1cc(Br)co1. The molecule has 1 heterocycles. The van der Waals surface area contributed by atoms with E-state index in [-0.39, 0.29) is 17.2 Å². The van der Waals surface area contributed by atoms with E-state index in [1.165, 1.54) is 6.26 Å². The number of carbonyl (C=O) groups is 1. The Morgan fingerprint density at radius 2 is 1.95 bits per heavy atom. The standard InChI is InChI=1S/C13H15BrCl4N2O2/c14-7-5-10(22-6-7)11(21)20-12(13(16,17)18)19-9-3-1-8(15)2-4-9/h5-6,8-9,12,19H,1-4H2,(H,20,21). The van der Waals surface area contributed by atoms with Gasteiger partial charge in [-0.25, -0.2) is 0 Å². The summed E-state index contributed by atoms with van der Waals surface area (Å²) in [6, 6.07) is 1.68. The fourth-order valence-corrected chi connectivity index (χ4v) is 3.21. The number of hydrogen-bond acceptors (Lipinski definition) is 3. The molecule has 0 aliphatic heterocycles. The first-order valence-electron chi connectivity index (χ1n) is 6.77. The molecule has 2 rings (SSSR count). The highest BCUT2D eigenvalue weighted by Gasteiger charge is 2.36. The van der Waals surface area contributed by atoms with Crippen LogP contribution in [-0.4, -0.2) is 27.3 Å². The molecule has 1 unspecified atom stereocenters. The lowest BCUT2D eigenvalue weighted by molar-refractivity contribution is 0.0896. The molecule has 1 aromatic rings. The lowest BCUT2D eigenvalue weighted by atomic mass is 9.95. The van der Waals surface area contributed by atoms with Crippen LogP contribution in [0.5, 0.6) is 0 Å². The Morgan fingerprint density at radius 1 is 1.32 bits per heavy atom. The summed E-state index contributed by atoms with van der Waals surface area (Å²) in [5.41, 5.74) is 0. The van der Waals surface area contributed by atoms with E-state index in [0.29, 0.717) is 4.47 Å². The minimum Gasteiger partial charge on any atom is -0.458 e. The molecule has 1 aliphatic rings. The smallest absolute Gasteiger partial charge is 0.288 e. The van der Waals surface area contributed by atoms with Crippen LogP contribution in [0.15, 0.2) is 21.2 Å². The minimum atomic E-state index is -1.68. The molecule has 1 aliphatic carbocycles. The van der Waals surface area contributed by atoms with E-state index in [0.717, 1.165) is 25.7 Å².